The van der Waals surface area contributed by atoms with Crippen LogP contribution in [0, 0.1) is 5.92 Å². The van der Waals surface area contributed by atoms with Gasteiger partial charge in [-0.25, -0.2) is 13.1 Å². The highest BCUT2D eigenvalue weighted by Gasteiger charge is 2.31. The maximum Gasteiger partial charge on any atom is 0.286 e. The van der Waals surface area contributed by atoms with Crippen LogP contribution < -0.4 is 5.73 Å². The third-order valence-electron chi connectivity index (χ3n) is 7.64. The number of nitrogens with two attached hydrogens (primary N) is 1. The normalized spacial score (nSPS) is 19.7. The summed E-state index contributed by atoms with van der Waals surface area (Å²) in [5.74, 6) is -0.784. The number of hydrogen-bond acceptors (Lipinski definition) is 7. The average Bonchev–Trinajstić information content (AvgIpc) is 3.75. The Morgan fingerprint density at radius 1 is 1.00 bits per heavy atom. The van der Waals surface area contributed by atoms with E-state index >= 15 is 0 Å². The minimum absolute atomic E-state index is 0.152. The van der Waals surface area contributed by atoms with Crippen molar-refractivity contribution in [2.24, 2.45) is 16.6 Å². The molecule has 0 radical (unpaired) electrons. The molecule has 10 nitrogen and oxygen atoms in total. The highest BCUT2D eigenvalue weighted by atomic mass is 32.2. The highest BCUT2D eigenvalue weighted by Crippen LogP contribution is 2.35. The first-order chi connectivity index (χ1) is 19.8. The molecule has 4 heterocycles. The molecule has 2 fully saturated rings. The van der Waals surface area contributed by atoms with Crippen molar-refractivity contribution in [3.8, 4) is 16.9 Å². The second-order valence-electron chi connectivity index (χ2n) is 10.3. The predicted octanol–water partition coefficient (Wildman–Crippen LogP) is 3.49. The summed E-state index contributed by atoms with van der Waals surface area (Å²) in [4.78, 5) is 31.5. The summed E-state index contributed by atoms with van der Waals surface area (Å²) in [5, 5.41) is 5.43. The molecule has 0 aliphatic carbocycles. The number of piperidine rings is 1. The van der Waals surface area contributed by atoms with Gasteiger partial charge in [-0.1, -0.05) is 30.3 Å². The molecule has 1 aromatic heterocycles. The number of carbonyl (C=O) groups is 2. The smallest absolute Gasteiger partial charge is 0.286 e. The minimum atomic E-state index is -3.62. The van der Waals surface area contributed by atoms with Gasteiger partial charge in [0.15, 0.2) is 5.17 Å². The first-order valence-corrected chi connectivity index (χ1v) is 15.9. The predicted molar refractivity (Wildman–Crippen MR) is 158 cm³/mol. The van der Waals surface area contributed by atoms with Crippen LogP contribution in [-0.4, -0.2) is 70.6 Å². The number of thioether (sulfide) groups is 1. The van der Waals surface area contributed by atoms with Gasteiger partial charge in [0.05, 0.1) is 15.5 Å². The molecule has 2 aromatic carbocycles. The van der Waals surface area contributed by atoms with Crippen molar-refractivity contribution in [1.82, 2.24) is 19.0 Å². The van der Waals surface area contributed by atoms with Crippen molar-refractivity contribution in [2.75, 3.05) is 26.2 Å². The molecule has 2 N–H and O–H groups in total. The van der Waals surface area contributed by atoms with Crippen molar-refractivity contribution < 1.29 is 18.0 Å². The Bertz CT molecular complexity index is 1650. The number of amides is 2. The molecule has 0 atom stereocenters. The Balaban J connectivity index is 1.33. The van der Waals surface area contributed by atoms with Gasteiger partial charge in [0, 0.05) is 49.4 Å². The molecule has 3 aliphatic heterocycles. The number of carbonyl (C=O) groups excluding carboxylic acids is 2. The number of aliphatic imine (C=N–C) groups is 1. The number of sulfonamides is 1. The molecule has 2 amide bonds. The van der Waals surface area contributed by atoms with Gasteiger partial charge in [0.25, 0.3) is 5.91 Å². The second kappa shape index (κ2) is 11.3. The van der Waals surface area contributed by atoms with Crippen molar-refractivity contribution in [3.63, 3.8) is 0 Å². The third kappa shape index (κ3) is 5.59. The van der Waals surface area contributed by atoms with Gasteiger partial charge >= 0.3 is 0 Å². The molecule has 41 heavy (non-hydrogen) atoms. The minimum Gasteiger partial charge on any atom is -0.369 e. The molecule has 6 rings (SSSR count). The average molecular weight is 591 g/mol. The number of aromatic nitrogens is 2. The zero-order chi connectivity index (χ0) is 28.6. The van der Waals surface area contributed by atoms with Crippen LogP contribution in [0.25, 0.3) is 23.0 Å². The van der Waals surface area contributed by atoms with Gasteiger partial charge in [0.1, 0.15) is 5.69 Å². The summed E-state index contributed by atoms with van der Waals surface area (Å²) >= 11 is 1.29. The molecule has 12 heteroatoms. The van der Waals surface area contributed by atoms with E-state index in [2.05, 4.69) is 4.99 Å². The topological polar surface area (TPSA) is 131 Å². The van der Waals surface area contributed by atoms with E-state index in [0.717, 1.165) is 18.5 Å². The van der Waals surface area contributed by atoms with Crippen LogP contribution in [0.2, 0.25) is 0 Å². The molecule has 3 aromatic rings. The van der Waals surface area contributed by atoms with Crippen LogP contribution >= 0.6 is 11.8 Å². The van der Waals surface area contributed by atoms with Gasteiger partial charge in [-0.15, -0.1) is 0 Å². The zero-order valence-electron chi connectivity index (χ0n) is 22.3. The van der Waals surface area contributed by atoms with Gasteiger partial charge in [0.2, 0.25) is 15.9 Å². The van der Waals surface area contributed by atoms with Crippen LogP contribution in [0.15, 0.2) is 75.6 Å². The van der Waals surface area contributed by atoms with Crippen LogP contribution in [0.3, 0.4) is 0 Å². The Morgan fingerprint density at radius 2 is 1.73 bits per heavy atom. The first-order valence-electron chi connectivity index (χ1n) is 13.6. The fourth-order valence-electron chi connectivity index (χ4n) is 5.34. The molecule has 0 unspecified atom stereocenters. The van der Waals surface area contributed by atoms with Crippen molar-refractivity contribution in [3.05, 3.63) is 71.3 Å². The molecule has 0 saturated carbocycles. The number of benzene rings is 2. The summed E-state index contributed by atoms with van der Waals surface area (Å²) in [7, 11) is -3.62. The molecule has 3 aliphatic rings. The SMILES string of the molecule is NC(=O)C1CCN(C2=NC(=O)C(=Cc3cn(-c4ccccc4)nc3-c3cccc(S(=O)(=O)N4CCCC4)c3)S2)CC1. The fourth-order valence-corrected chi connectivity index (χ4v) is 7.86. The standard InChI is InChI=1S/C29H30N6O4S2/c30-27(36)20-11-15-33(16-12-20)29-31-28(37)25(40-29)18-22-19-35(23-8-2-1-3-9-23)32-26(22)21-7-6-10-24(17-21)41(38,39)34-13-4-5-14-34/h1-3,6-10,17-20H,4-5,11-16H2,(H2,30,36). The van der Waals surface area contributed by atoms with Gasteiger partial charge in [-0.3, -0.25) is 9.59 Å². The number of para-hydroxylation sites is 1. The third-order valence-corrected chi connectivity index (χ3v) is 10.6. The Morgan fingerprint density at radius 3 is 2.44 bits per heavy atom. The Kier molecular flexibility index (Phi) is 7.54. The number of hydrogen-bond donors (Lipinski definition) is 1. The van der Waals surface area contributed by atoms with E-state index in [-0.39, 0.29) is 22.6 Å². The molecular formula is C29H30N6O4S2. The lowest BCUT2D eigenvalue weighted by atomic mass is 9.97. The largest absolute Gasteiger partial charge is 0.369 e. The van der Waals surface area contributed by atoms with Crippen LogP contribution in [0.4, 0.5) is 0 Å². The lowest BCUT2D eigenvalue weighted by Crippen LogP contribution is -2.40. The Labute approximate surface area is 243 Å². The number of primary amides is 1. The lowest BCUT2D eigenvalue weighted by molar-refractivity contribution is -0.123. The van der Waals surface area contributed by atoms with E-state index < -0.39 is 10.0 Å². The van der Waals surface area contributed by atoms with E-state index in [9.17, 15) is 18.0 Å². The zero-order valence-corrected chi connectivity index (χ0v) is 24.0. The monoisotopic (exact) mass is 590 g/mol. The summed E-state index contributed by atoms with van der Waals surface area (Å²) in [6, 6.07) is 16.4. The van der Waals surface area contributed by atoms with Crippen LogP contribution in [0.1, 0.15) is 31.2 Å². The van der Waals surface area contributed by atoms with E-state index in [0.29, 0.717) is 65.9 Å². The van der Waals surface area contributed by atoms with E-state index in [4.69, 9.17) is 10.8 Å². The van der Waals surface area contributed by atoms with E-state index in [1.807, 2.05) is 47.5 Å². The van der Waals surface area contributed by atoms with Crippen molar-refractivity contribution in [1.29, 1.82) is 0 Å². The fraction of sp³-hybridized carbons (Fsp3) is 0.310. The first kappa shape index (κ1) is 27.4. The summed E-state index contributed by atoms with van der Waals surface area (Å²) in [5.41, 5.74) is 8.17. The number of amidine groups is 1. The summed E-state index contributed by atoms with van der Waals surface area (Å²) in [6.07, 6.45) is 6.58. The highest BCUT2D eigenvalue weighted by molar-refractivity contribution is 8.18. The van der Waals surface area contributed by atoms with Crippen molar-refractivity contribution >= 4 is 44.8 Å². The molecule has 0 bridgehead atoms. The molecular weight excluding hydrogens is 560 g/mol. The summed E-state index contributed by atoms with van der Waals surface area (Å²) < 4.78 is 29.8. The second-order valence-corrected chi connectivity index (χ2v) is 13.3. The van der Waals surface area contributed by atoms with Crippen LogP contribution in [-0.2, 0) is 19.6 Å². The number of nitrogens with zero attached hydrogens (tertiary/aromatic N) is 5. The number of rotatable bonds is 6. The van der Waals surface area contributed by atoms with Crippen molar-refractivity contribution in [2.45, 2.75) is 30.6 Å². The molecule has 0 spiro atoms. The summed E-state index contributed by atoms with van der Waals surface area (Å²) in [6.45, 7) is 2.26. The lowest BCUT2D eigenvalue weighted by Gasteiger charge is -2.31. The Hall–Kier alpha value is -3.74. The maximum atomic E-state index is 13.3. The molecule has 2 saturated heterocycles. The van der Waals surface area contributed by atoms with E-state index in [1.54, 1.807) is 29.0 Å². The van der Waals surface area contributed by atoms with E-state index in [1.165, 1.54) is 16.1 Å². The quantitative estimate of drug-likeness (QED) is 0.435. The van der Waals surface area contributed by atoms with Gasteiger partial charge in [-0.2, -0.15) is 14.4 Å². The molecule has 212 valence electrons. The maximum absolute atomic E-state index is 13.3. The van der Waals surface area contributed by atoms with Gasteiger partial charge < -0.3 is 10.6 Å². The van der Waals surface area contributed by atoms with Crippen LogP contribution in [0.5, 0.6) is 0 Å². The number of likely N-dealkylation sites (tertiary alicyclic amines) is 1. The van der Waals surface area contributed by atoms with Gasteiger partial charge in [-0.05, 0) is 67.8 Å².